The van der Waals surface area contributed by atoms with Gasteiger partial charge in [-0.15, -0.1) is 0 Å². The van der Waals surface area contributed by atoms with Gasteiger partial charge >= 0.3 is 0 Å². The van der Waals surface area contributed by atoms with Gasteiger partial charge < -0.3 is 5.32 Å². The third kappa shape index (κ3) is 3.11. The van der Waals surface area contributed by atoms with Crippen LogP contribution in [0.15, 0.2) is 29.1 Å². The Morgan fingerprint density at radius 2 is 1.95 bits per heavy atom. The van der Waals surface area contributed by atoms with E-state index in [1.54, 1.807) is 0 Å². The molecule has 1 aromatic carbocycles. The van der Waals surface area contributed by atoms with Crippen LogP contribution in [0, 0.1) is 18.6 Å². The first kappa shape index (κ1) is 13.5. The molecule has 0 unspecified atom stereocenters. The predicted molar refractivity (Wildman–Crippen MR) is 68.8 cm³/mol. The lowest BCUT2D eigenvalue weighted by Gasteiger charge is -2.06. The Kier molecular flexibility index (Phi) is 3.84. The monoisotopic (exact) mass is 327 g/mol. The third-order valence-electron chi connectivity index (χ3n) is 2.35. The van der Waals surface area contributed by atoms with Gasteiger partial charge in [-0.2, -0.15) is 0 Å². The van der Waals surface area contributed by atoms with Crippen LogP contribution in [0.2, 0.25) is 0 Å². The molecule has 0 fully saturated rings. The molecule has 1 amide bonds. The lowest BCUT2D eigenvalue weighted by atomic mass is 10.1. The van der Waals surface area contributed by atoms with Crippen LogP contribution >= 0.6 is 15.9 Å². The van der Waals surface area contributed by atoms with E-state index in [9.17, 15) is 13.6 Å². The molecular weight excluding hydrogens is 320 g/mol. The summed E-state index contributed by atoms with van der Waals surface area (Å²) in [5.41, 5.74) is -0.0583. The van der Waals surface area contributed by atoms with E-state index in [-0.39, 0.29) is 16.9 Å². The highest BCUT2D eigenvalue weighted by atomic mass is 79.9. The number of hydrogen-bond donors (Lipinski definition) is 1. The summed E-state index contributed by atoms with van der Waals surface area (Å²) in [7, 11) is 0. The van der Waals surface area contributed by atoms with Crippen LogP contribution in [-0.4, -0.2) is 15.9 Å². The fourth-order valence-electron chi connectivity index (χ4n) is 1.39. The first-order valence-corrected chi connectivity index (χ1v) is 6.01. The number of carbonyl (C=O) groups is 1. The molecule has 7 heteroatoms. The Bertz CT molecular complexity index is 632. The minimum absolute atomic E-state index is 0.176. The number of nitrogens with one attached hydrogen (secondary N) is 1. The fraction of sp³-hybridized carbons (Fsp3) is 0.0833. The zero-order valence-corrected chi connectivity index (χ0v) is 11.3. The summed E-state index contributed by atoms with van der Waals surface area (Å²) in [6.07, 6.45) is 2.71. The summed E-state index contributed by atoms with van der Waals surface area (Å²) in [6, 6.07) is 1.82. The summed E-state index contributed by atoms with van der Waals surface area (Å²) in [6.45, 7) is 1.45. The topological polar surface area (TPSA) is 54.9 Å². The largest absolute Gasteiger partial charge is 0.305 e. The average Bonchev–Trinajstić information content (AvgIpc) is 2.36. The molecule has 0 atom stereocenters. The van der Waals surface area contributed by atoms with Crippen molar-refractivity contribution >= 4 is 27.7 Å². The van der Waals surface area contributed by atoms with Gasteiger partial charge in [-0.3, -0.25) is 4.79 Å². The Morgan fingerprint density at radius 1 is 1.21 bits per heavy atom. The summed E-state index contributed by atoms with van der Waals surface area (Å²) in [5.74, 6) is -2.16. The second-order valence-corrected chi connectivity index (χ2v) is 4.57. The molecule has 0 spiro atoms. The minimum Gasteiger partial charge on any atom is -0.305 e. The average molecular weight is 328 g/mol. The molecule has 0 bridgehead atoms. The van der Waals surface area contributed by atoms with Crippen LogP contribution in [0.3, 0.4) is 0 Å². The van der Waals surface area contributed by atoms with Crippen molar-refractivity contribution in [1.82, 2.24) is 9.97 Å². The molecule has 0 aliphatic carbocycles. The molecule has 19 heavy (non-hydrogen) atoms. The lowest BCUT2D eigenvalue weighted by Crippen LogP contribution is -2.15. The maximum atomic E-state index is 13.5. The fourth-order valence-corrected chi connectivity index (χ4v) is 1.60. The van der Waals surface area contributed by atoms with Crippen LogP contribution in [0.4, 0.5) is 14.6 Å². The van der Waals surface area contributed by atoms with E-state index in [1.807, 2.05) is 0 Å². The van der Waals surface area contributed by atoms with Gasteiger partial charge in [0.2, 0.25) is 0 Å². The molecule has 2 rings (SSSR count). The van der Waals surface area contributed by atoms with Crippen LogP contribution in [0.5, 0.6) is 0 Å². The predicted octanol–water partition coefficient (Wildman–Crippen LogP) is 3.08. The second-order valence-electron chi connectivity index (χ2n) is 3.76. The zero-order chi connectivity index (χ0) is 14.0. The molecule has 1 aromatic heterocycles. The maximum Gasteiger partial charge on any atom is 0.259 e. The number of benzene rings is 1. The quantitative estimate of drug-likeness (QED) is 0.922. The zero-order valence-electron chi connectivity index (χ0n) is 9.75. The Hall–Kier alpha value is -1.89. The van der Waals surface area contributed by atoms with Gasteiger partial charge in [0.15, 0.2) is 5.82 Å². The van der Waals surface area contributed by atoms with Crippen LogP contribution in [-0.2, 0) is 0 Å². The number of nitrogens with zero attached hydrogens (tertiary/aromatic N) is 2. The van der Waals surface area contributed by atoms with Gasteiger partial charge in [-0.1, -0.05) is 0 Å². The van der Waals surface area contributed by atoms with Crippen molar-refractivity contribution in [2.75, 3.05) is 5.32 Å². The Labute approximate surface area is 116 Å². The maximum absolute atomic E-state index is 13.5. The van der Waals surface area contributed by atoms with Crippen molar-refractivity contribution in [3.05, 3.63) is 51.9 Å². The molecule has 1 heterocycles. The van der Waals surface area contributed by atoms with Crippen molar-refractivity contribution in [1.29, 1.82) is 0 Å². The number of anilines is 1. The first-order valence-electron chi connectivity index (χ1n) is 5.22. The van der Waals surface area contributed by atoms with Gasteiger partial charge in [-0.05, 0) is 34.5 Å². The number of aryl methyl sites for hydroxylation is 1. The van der Waals surface area contributed by atoms with E-state index in [2.05, 4.69) is 31.2 Å². The molecule has 0 aliphatic rings. The molecule has 98 valence electrons. The van der Waals surface area contributed by atoms with Crippen LogP contribution in [0.1, 0.15) is 15.9 Å². The van der Waals surface area contributed by atoms with Crippen molar-refractivity contribution in [3.63, 3.8) is 0 Å². The standard InChI is InChI=1S/C12H8BrF2N3O/c1-6-2-7(9(15)3-8(6)14)12(19)18-11-5-16-10(13)4-17-11/h2-5H,1H3,(H,17,18,19). The van der Waals surface area contributed by atoms with E-state index < -0.39 is 17.5 Å². The molecule has 4 nitrogen and oxygen atoms in total. The SMILES string of the molecule is Cc1cc(C(=O)Nc2cnc(Br)cn2)c(F)cc1F. The highest BCUT2D eigenvalue weighted by Gasteiger charge is 2.15. The lowest BCUT2D eigenvalue weighted by molar-refractivity contribution is 0.102. The van der Waals surface area contributed by atoms with E-state index >= 15 is 0 Å². The summed E-state index contributed by atoms with van der Waals surface area (Å²) < 4.78 is 27.1. The summed E-state index contributed by atoms with van der Waals surface area (Å²) in [5, 5.41) is 2.38. The molecule has 0 saturated carbocycles. The van der Waals surface area contributed by atoms with E-state index in [4.69, 9.17) is 0 Å². The number of amides is 1. The number of aromatic nitrogens is 2. The number of halogens is 3. The second kappa shape index (κ2) is 5.40. The first-order chi connectivity index (χ1) is 8.97. The van der Waals surface area contributed by atoms with Gasteiger partial charge in [0.05, 0.1) is 18.0 Å². The van der Waals surface area contributed by atoms with Crippen molar-refractivity contribution in [2.45, 2.75) is 6.92 Å². The van der Waals surface area contributed by atoms with Gasteiger partial charge in [0, 0.05) is 6.07 Å². The van der Waals surface area contributed by atoms with E-state index in [1.165, 1.54) is 19.3 Å². The van der Waals surface area contributed by atoms with E-state index in [0.717, 1.165) is 6.07 Å². The van der Waals surface area contributed by atoms with Crippen LogP contribution < -0.4 is 5.32 Å². The molecule has 0 saturated heterocycles. The minimum atomic E-state index is -0.925. The van der Waals surface area contributed by atoms with Crippen molar-refractivity contribution in [2.24, 2.45) is 0 Å². The van der Waals surface area contributed by atoms with Crippen LogP contribution in [0.25, 0.3) is 0 Å². The normalized spacial score (nSPS) is 10.3. The molecule has 0 aliphatic heterocycles. The van der Waals surface area contributed by atoms with Crippen molar-refractivity contribution < 1.29 is 13.6 Å². The number of carbonyl (C=O) groups excluding carboxylic acids is 1. The highest BCUT2D eigenvalue weighted by Crippen LogP contribution is 2.15. The summed E-state index contributed by atoms with van der Waals surface area (Å²) >= 11 is 3.10. The Morgan fingerprint density at radius 3 is 2.58 bits per heavy atom. The highest BCUT2D eigenvalue weighted by molar-refractivity contribution is 9.10. The molecule has 2 aromatic rings. The summed E-state index contributed by atoms with van der Waals surface area (Å²) in [4.78, 5) is 19.6. The van der Waals surface area contributed by atoms with E-state index in [0.29, 0.717) is 10.7 Å². The van der Waals surface area contributed by atoms with Gasteiger partial charge in [-0.25, -0.2) is 18.7 Å². The van der Waals surface area contributed by atoms with Crippen molar-refractivity contribution in [3.8, 4) is 0 Å². The van der Waals surface area contributed by atoms with Gasteiger partial charge in [0.1, 0.15) is 16.2 Å². The van der Waals surface area contributed by atoms with Gasteiger partial charge in [0.25, 0.3) is 5.91 Å². The smallest absolute Gasteiger partial charge is 0.259 e. The third-order valence-corrected chi connectivity index (χ3v) is 2.76. The Balaban J connectivity index is 2.25. The molecule has 0 radical (unpaired) electrons. The number of hydrogen-bond acceptors (Lipinski definition) is 3. The molecular formula is C12H8BrF2N3O. The molecule has 1 N–H and O–H groups in total. The number of rotatable bonds is 2.